The van der Waals surface area contributed by atoms with Crippen LogP contribution in [0.25, 0.3) is 35.5 Å². The van der Waals surface area contributed by atoms with Gasteiger partial charge < -0.3 is 0 Å². The maximum absolute atomic E-state index is 11.2. The Morgan fingerprint density at radius 2 is 0.879 bits per heavy atom. The molecule has 12 rings (SSSR count). The fourth-order valence-corrected chi connectivity index (χ4v) is 12.4. The molecule has 0 N–H and O–H groups in total. The Morgan fingerprint density at radius 1 is 0.500 bits per heavy atom. The molecule has 0 spiro atoms. The van der Waals surface area contributed by atoms with Crippen molar-refractivity contribution in [3.63, 3.8) is 0 Å². The van der Waals surface area contributed by atoms with E-state index in [9.17, 15) is 19.2 Å². The molecule has 0 amide bonds. The molecule has 4 nitrogen and oxygen atoms in total. The molecule has 15 heteroatoms. The van der Waals surface area contributed by atoms with Crippen molar-refractivity contribution >= 4 is 179 Å². The number of aryl methyl sites for hydroxylation is 1. The molecule has 292 valence electrons. The van der Waals surface area contributed by atoms with Crippen LogP contribution in [0, 0.1) is 31.1 Å². The van der Waals surface area contributed by atoms with Crippen LogP contribution < -0.4 is 0 Å². The molecule has 0 fully saturated rings. The van der Waals surface area contributed by atoms with Crippen molar-refractivity contribution < 1.29 is 50.3 Å². The van der Waals surface area contributed by atoms with Gasteiger partial charge in [0.2, 0.25) is 0 Å². The normalized spacial score (nSPS) is 16.9. The van der Waals surface area contributed by atoms with E-state index in [1.165, 1.54) is 65.8 Å². The van der Waals surface area contributed by atoms with Crippen LogP contribution in [-0.4, -0.2) is 37.7 Å². The summed E-state index contributed by atoms with van der Waals surface area (Å²) >= 11 is 18.6. The van der Waals surface area contributed by atoms with Crippen LogP contribution in [0.2, 0.25) is 0 Å². The Labute approximate surface area is 412 Å². The number of Topliss-reactive ketones (excluding diaryl/α,β-unsaturated/α-hetero) is 2. The summed E-state index contributed by atoms with van der Waals surface area (Å²) in [7, 11) is 3.75. The predicted molar refractivity (Wildman–Crippen MR) is 263 cm³/mol. The number of fused-ring (bicyclic) bond motifs is 6. The van der Waals surface area contributed by atoms with Crippen molar-refractivity contribution in [1.29, 1.82) is 1.34 Å². The fraction of sp³-hybridized carbons (Fsp3) is 0.116. The van der Waals surface area contributed by atoms with E-state index in [4.69, 9.17) is 1.34 Å². The topological polar surface area (TPSA) is 68.3 Å². The maximum atomic E-state index is 11.2. The Hall–Kier alpha value is -1.86. The molecule has 0 saturated carbocycles. The zero-order valence-corrected chi connectivity index (χ0v) is 43.4. The number of ketones is 4. The Bertz CT molecular complexity index is 2460. The zero-order valence-electron chi connectivity index (χ0n) is 30.5. The van der Waals surface area contributed by atoms with Crippen LogP contribution in [0.1, 0.15) is 95.7 Å². The summed E-state index contributed by atoms with van der Waals surface area (Å²) < 4.78 is 5.25. The number of allylic oxidation sites excluding steroid dienone is 6. The third kappa shape index (κ3) is 10.8. The van der Waals surface area contributed by atoms with Gasteiger partial charge in [-0.3, -0.25) is 19.2 Å². The summed E-state index contributed by atoms with van der Waals surface area (Å²) in [5, 5.41) is 12.2. The van der Waals surface area contributed by atoms with Gasteiger partial charge in [0.05, 0.1) is 24.3 Å². The van der Waals surface area contributed by atoms with Crippen LogP contribution in [0.5, 0.6) is 0 Å². The average Bonchev–Trinajstić information content (AvgIpc) is 4.06. The summed E-state index contributed by atoms with van der Waals surface area (Å²) in [4.78, 5) is 50.5. The maximum Gasteiger partial charge on any atom is 0.196 e. The predicted octanol–water partition coefficient (Wildman–Crippen LogP) is 14.5. The van der Waals surface area contributed by atoms with Gasteiger partial charge in [-0.1, -0.05) is 47.7 Å². The molecule has 6 aliphatic carbocycles. The first-order valence-corrected chi connectivity index (χ1v) is 26.6. The molecule has 6 aliphatic rings. The van der Waals surface area contributed by atoms with Crippen LogP contribution in [0.3, 0.4) is 0 Å². The van der Waals surface area contributed by atoms with Gasteiger partial charge in [-0.25, -0.2) is 0 Å². The number of carbonyl (C=O) groups excluding carboxylic acids is 4. The standard InChI is InChI=1S/C14H8S2.C7H5BrOS.C7H6OS.2C7H4OS.CH4.BH.Br2.U/c1-3-11(13-9(1)5-7-15-13)12-4-2-10-6-8-16-14(10)12;8-5-3-4-1-2-10-7(4)6(5)9;3*8-6-2-1-5-3-4-9-7(5)6;;;1-2;/h1-8H;1-2,5H,3H2;3-4H,1-2H2;2*1-4H;1H4;1H;;/b12-11+;;;;;;;;/i;;;;;;1D;;. The minimum atomic E-state index is 0. The number of carbonyl (C=O) groups is 4. The molecule has 58 heavy (non-hydrogen) atoms. The molecule has 1 unspecified atom stereocenters. The van der Waals surface area contributed by atoms with E-state index in [1.54, 1.807) is 34.8 Å². The molecule has 0 aromatic carbocycles. The zero-order chi connectivity index (χ0) is 40.5. The largest absolute Gasteiger partial charge is 0.293 e. The van der Waals surface area contributed by atoms with E-state index in [1.807, 2.05) is 80.6 Å². The third-order valence-electron chi connectivity index (χ3n) is 8.97. The molecule has 2 radical (unpaired) electrons. The van der Waals surface area contributed by atoms with Crippen molar-refractivity contribution in [2.45, 2.75) is 31.5 Å². The van der Waals surface area contributed by atoms with Gasteiger partial charge in [0.15, 0.2) is 23.1 Å². The van der Waals surface area contributed by atoms with Gasteiger partial charge in [0.1, 0.15) is 0 Å². The molecule has 0 bridgehead atoms. The molecular weight excluding hydrogens is 1260 g/mol. The van der Waals surface area contributed by atoms with Gasteiger partial charge >= 0.3 is 0 Å². The van der Waals surface area contributed by atoms with Crippen molar-refractivity contribution in [3.8, 4) is 0 Å². The van der Waals surface area contributed by atoms with Crippen molar-refractivity contribution in [3.05, 3.63) is 156 Å². The van der Waals surface area contributed by atoms with Gasteiger partial charge in [0, 0.05) is 95.1 Å². The van der Waals surface area contributed by atoms with E-state index in [2.05, 4.69) is 99.8 Å². The van der Waals surface area contributed by atoms with Gasteiger partial charge in [-0.15, -0.1) is 68.0 Å². The summed E-state index contributed by atoms with van der Waals surface area (Å²) in [6.07, 6.45) is 18.4. The van der Waals surface area contributed by atoms with Crippen LogP contribution in [0.15, 0.2) is 93.0 Å². The van der Waals surface area contributed by atoms with E-state index < -0.39 is 0 Å². The summed E-state index contributed by atoms with van der Waals surface area (Å²) in [6, 6.07) is 12.4. The van der Waals surface area contributed by atoms with Crippen molar-refractivity contribution in [2.75, 3.05) is 0 Å². The smallest absolute Gasteiger partial charge is 0.196 e. The summed E-state index contributed by atoms with van der Waals surface area (Å²) in [5.41, 5.74) is 10.1. The Balaban J connectivity index is 0.000000161. The number of hydrogen-bond acceptors (Lipinski definition) is 10. The monoisotopic (exact) mass is 1290 g/mol. The second-order valence-corrected chi connectivity index (χ2v) is 18.8. The molecule has 0 aliphatic heterocycles. The number of thiophene rings is 6. The molecule has 6 heterocycles. The first kappa shape index (κ1) is 47.2. The summed E-state index contributed by atoms with van der Waals surface area (Å²) in [5.74, 6) is 0.894. The quantitative estimate of drug-likeness (QED) is 0.112. The van der Waals surface area contributed by atoms with E-state index >= 15 is 0 Å². The van der Waals surface area contributed by atoms with Crippen molar-refractivity contribution in [2.24, 2.45) is 0 Å². The molecule has 6 aromatic heterocycles. The van der Waals surface area contributed by atoms with Crippen LogP contribution in [-0.2, 0) is 12.8 Å². The van der Waals surface area contributed by atoms with E-state index in [0.717, 1.165) is 49.9 Å². The minimum absolute atomic E-state index is 0. The summed E-state index contributed by atoms with van der Waals surface area (Å²) in [6.45, 7) is 0. The molecule has 1 atom stereocenters. The number of rotatable bonds is 0. The Morgan fingerprint density at radius 3 is 1.33 bits per heavy atom. The van der Waals surface area contributed by atoms with E-state index in [-0.39, 0.29) is 60.7 Å². The van der Waals surface area contributed by atoms with Crippen LogP contribution in [0.4, 0.5) is 0 Å². The second-order valence-electron chi connectivity index (χ2n) is 12.2. The number of halogens is 3. The Kier molecular flexibility index (Phi) is 18.6. The molecular formula is C43H32BBr3O4S6U. The third-order valence-corrected chi connectivity index (χ3v) is 15.5. The SMILES string of the molecule is BrBr.C.C1=Cc2ccsc2/C1=C1\C=Cc2ccsc21.O=C1C=Cc2ccsc21.O=C1C=Cc2ccsc21.O=C1CCc2ccsc21.O=C1c2sccc2CC1Br.[2H][B].[U]. The number of alkyl halides is 1. The average molecular weight is 1290 g/mol. The van der Waals surface area contributed by atoms with Crippen LogP contribution >= 0.6 is 112 Å². The fourth-order valence-electron chi connectivity index (χ4n) is 6.32. The first-order chi connectivity index (χ1) is 27.9. The van der Waals surface area contributed by atoms with Gasteiger partial charge in [-0.2, -0.15) is 0 Å². The molecule has 6 aromatic rings. The van der Waals surface area contributed by atoms with Crippen molar-refractivity contribution in [1.82, 2.24) is 0 Å². The van der Waals surface area contributed by atoms with E-state index in [0.29, 0.717) is 5.78 Å². The van der Waals surface area contributed by atoms with Gasteiger partial charge in [0.25, 0.3) is 0 Å². The first-order valence-electron chi connectivity index (χ1n) is 17.3. The molecule has 0 saturated heterocycles. The van der Waals surface area contributed by atoms with Gasteiger partial charge in [-0.05, 0) is 141 Å². The minimum Gasteiger partial charge on any atom is -0.293 e. The number of hydrogen-bond donors (Lipinski definition) is 0. The second kappa shape index (κ2) is 22.8.